The molecule has 0 spiro atoms. The van der Waals surface area contributed by atoms with Crippen LogP contribution in [0.2, 0.25) is 0 Å². The maximum absolute atomic E-state index is 13.1. The number of nitrogens with zero attached hydrogens (tertiary/aromatic N) is 2. The first kappa shape index (κ1) is 20.2. The summed E-state index contributed by atoms with van der Waals surface area (Å²) in [5, 5.41) is 14.6. The summed E-state index contributed by atoms with van der Waals surface area (Å²) in [7, 11) is -3.76. The molecule has 1 saturated heterocycles. The van der Waals surface area contributed by atoms with Gasteiger partial charge in [-0.2, -0.15) is 4.31 Å². The average molecular weight is 407 g/mol. The van der Waals surface area contributed by atoms with Crippen LogP contribution >= 0.6 is 0 Å². The summed E-state index contributed by atoms with van der Waals surface area (Å²) in [4.78, 5) is 10.9. The van der Waals surface area contributed by atoms with Gasteiger partial charge >= 0.3 is 0 Å². The number of nitro benzene ring substituents is 1. The molecule has 1 N–H and O–H groups in total. The minimum absolute atomic E-state index is 0.0823. The lowest BCUT2D eigenvalue weighted by atomic mass is 10.1. The lowest BCUT2D eigenvalue weighted by Crippen LogP contribution is -2.35. The van der Waals surface area contributed by atoms with E-state index in [9.17, 15) is 22.9 Å². The van der Waals surface area contributed by atoms with Crippen LogP contribution in [-0.2, 0) is 10.0 Å². The van der Waals surface area contributed by atoms with E-state index in [0.717, 1.165) is 30.9 Å². The van der Waals surface area contributed by atoms with Crippen LogP contribution in [0.4, 0.5) is 15.8 Å². The van der Waals surface area contributed by atoms with E-state index in [4.69, 9.17) is 0 Å². The monoisotopic (exact) mass is 407 g/mol. The largest absolute Gasteiger partial charge is 0.373 e. The van der Waals surface area contributed by atoms with E-state index in [1.54, 1.807) is 19.1 Å². The molecule has 0 saturated carbocycles. The molecule has 0 aromatic heterocycles. The number of sulfonamides is 1. The molecule has 2 aromatic carbocycles. The van der Waals surface area contributed by atoms with E-state index >= 15 is 0 Å². The first-order chi connectivity index (χ1) is 13.3. The lowest BCUT2D eigenvalue weighted by Gasteiger charge is -2.26. The van der Waals surface area contributed by atoms with Gasteiger partial charge in [0.1, 0.15) is 11.5 Å². The van der Waals surface area contributed by atoms with Gasteiger partial charge in [-0.25, -0.2) is 12.8 Å². The van der Waals surface area contributed by atoms with Crippen molar-refractivity contribution in [1.29, 1.82) is 0 Å². The number of hydrogen-bond acceptors (Lipinski definition) is 5. The average Bonchev–Trinajstić information content (AvgIpc) is 2.69. The highest BCUT2D eigenvalue weighted by molar-refractivity contribution is 7.89. The number of benzene rings is 2. The Balaban J connectivity index is 1.89. The zero-order valence-electron chi connectivity index (χ0n) is 15.5. The van der Waals surface area contributed by atoms with Gasteiger partial charge < -0.3 is 5.32 Å². The number of hydrogen-bond donors (Lipinski definition) is 1. The lowest BCUT2D eigenvalue weighted by molar-refractivity contribution is -0.384. The third-order valence-corrected chi connectivity index (χ3v) is 6.76. The summed E-state index contributed by atoms with van der Waals surface area (Å²) < 4.78 is 40.1. The molecule has 28 heavy (non-hydrogen) atoms. The fourth-order valence-corrected chi connectivity index (χ4v) is 4.81. The van der Waals surface area contributed by atoms with Crippen molar-refractivity contribution in [3.05, 3.63) is 64.0 Å². The molecule has 0 aliphatic carbocycles. The van der Waals surface area contributed by atoms with Crippen LogP contribution in [0.3, 0.4) is 0 Å². The van der Waals surface area contributed by atoms with Crippen LogP contribution in [-0.4, -0.2) is 30.7 Å². The molecule has 7 nitrogen and oxygen atoms in total. The van der Waals surface area contributed by atoms with Crippen LogP contribution in [0.5, 0.6) is 0 Å². The summed E-state index contributed by atoms with van der Waals surface area (Å²) in [5.74, 6) is -0.366. The third kappa shape index (κ3) is 4.31. The van der Waals surface area contributed by atoms with Crippen molar-refractivity contribution in [2.45, 2.75) is 37.1 Å². The highest BCUT2D eigenvalue weighted by Crippen LogP contribution is 2.32. The standard InChI is InChI=1S/C19H22FN3O4S/c1-14(15-5-7-16(20)8-6-15)21-18-10-9-17(13-19(18)23(24)25)28(26,27)22-11-3-2-4-12-22/h5-10,13-14,21H,2-4,11-12H2,1H3. The van der Waals surface area contributed by atoms with E-state index in [1.165, 1.54) is 28.6 Å². The van der Waals surface area contributed by atoms with Gasteiger partial charge in [0.25, 0.3) is 5.69 Å². The molecular formula is C19H22FN3O4S. The van der Waals surface area contributed by atoms with Gasteiger partial charge in [-0.1, -0.05) is 18.6 Å². The molecule has 2 aromatic rings. The molecule has 3 rings (SSSR count). The van der Waals surface area contributed by atoms with Crippen molar-refractivity contribution in [3.63, 3.8) is 0 Å². The fraction of sp³-hybridized carbons (Fsp3) is 0.368. The van der Waals surface area contributed by atoms with Gasteiger partial charge in [0, 0.05) is 25.2 Å². The summed E-state index contributed by atoms with van der Waals surface area (Å²) in [6.45, 7) is 2.64. The number of halogens is 1. The zero-order chi connectivity index (χ0) is 20.3. The summed E-state index contributed by atoms with van der Waals surface area (Å²) in [6.07, 6.45) is 2.56. The Kier molecular flexibility index (Phi) is 5.95. The number of piperidine rings is 1. The Morgan fingerprint density at radius 3 is 2.36 bits per heavy atom. The molecule has 1 aliphatic heterocycles. The minimum atomic E-state index is -3.76. The number of rotatable bonds is 6. The summed E-state index contributed by atoms with van der Waals surface area (Å²) in [5.41, 5.74) is 0.646. The van der Waals surface area contributed by atoms with E-state index in [2.05, 4.69) is 5.32 Å². The number of nitro groups is 1. The molecule has 9 heteroatoms. The second-order valence-corrected chi connectivity index (χ2v) is 8.76. The third-order valence-electron chi connectivity index (χ3n) is 4.86. The summed E-state index contributed by atoms with van der Waals surface area (Å²) >= 11 is 0. The maximum atomic E-state index is 13.1. The van der Waals surface area contributed by atoms with Gasteiger partial charge in [-0.05, 0) is 49.6 Å². The summed E-state index contributed by atoms with van der Waals surface area (Å²) in [6, 6.07) is 9.38. The fourth-order valence-electron chi connectivity index (χ4n) is 3.27. The predicted molar refractivity (Wildman–Crippen MR) is 104 cm³/mol. The van der Waals surface area contributed by atoms with Gasteiger partial charge in [0.05, 0.1) is 9.82 Å². The Morgan fingerprint density at radius 2 is 1.75 bits per heavy atom. The van der Waals surface area contributed by atoms with Crippen molar-refractivity contribution in [3.8, 4) is 0 Å². The second-order valence-electron chi connectivity index (χ2n) is 6.82. The predicted octanol–water partition coefficient (Wildman–Crippen LogP) is 4.08. The molecule has 0 bridgehead atoms. The maximum Gasteiger partial charge on any atom is 0.293 e. The van der Waals surface area contributed by atoms with Crippen LogP contribution in [0, 0.1) is 15.9 Å². The Hall–Kier alpha value is -2.52. The Morgan fingerprint density at radius 1 is 1.11 bits per heavy atom. The van der Waals surface area contributed by atoms with Crippen LogP contribution < -0.4 is 5.32 Å². The van der Waals surface area contributed by atoms with Gasteiger partial charge in [-0.3, -0.25) is 10.1 Å². The molecule has 1 fully saturated rings. The first-order valence-electron chi connectivity index (χ1n) is 9.09. The van der Waals surface area contributed by atoms with E-state index in [-0.39, 0.29) is 28.1 Å². The van der Waals surface area contributed by atoms with Gasteiger partial charge in [0.2, 0.25) is 10.0 Å². The zero-order valence-corrected chi connectivity index (χ0v) is 16.3. The molecule has 1 aliphatic rings. The highest BCUT2D eigenvalue weighted by Gasteiger charge is 2.28. The highest BCUT2D eigenvalue weighted by atomic mass is 32.2. The quantitative estimate of drug-likeness (QED) is 0.575. The van der Waals surface area contributed by atoms with Crippen molar-refractivity contribution >= 4 is 21.4 Å². The van der Waals surface area contributed by atoms with Crippen LogP contribution in [0.15, 0.2) is 47.4 Å². The molecule has 0 radical (unpaired) electrons. The molecule has 0 amide bonds. The molecule has 1 unspecified atom stereocenters. The van der Waals surface area contributed by atoms with Gasteiger partial charge in [0.15, 0.2) is 0 Å². The van der Waals surface area contributed by atoms with Crippen molar-refractivity contribution in [2.75, 3.05) is 18.4 Å². The van der Waals surface area contributed by atoms with Crippen molar-refractivity contribution in [1.82, 2.24) is 4.31 Å². The minimum Gasteiger partial charge on any atom is -0.373 e. The topological polar surface area (TPSA) is 92.6 Å². The number of anilines is 1. The van der Waals surface area contributed by atoms with Crippen LogP contribution in [0.1, 0.15) is 37.8 Å². The number of nitrogens with one attached hydrogen (secondary N) is 1. The van der Waals surface area contributed by atoms with Crippen molar-refractivity contribution < 1.29 is 17.7 Å². The SMILES string of the molecule is CC(Nc1ccc(S(=O)(=O)N2CCCCC2)cc1[N+](=O)[O-])c1ccc(F)cc1. The molecule has 150 valence electrons. The molecule has 1 heterocycles. The Labute approximate surface area is 163 Å². The molecular weight excluding hydrogens is 385 g/mol. The van der Waals surface area contributed by atoms with E-state index in [0.29, 0.717) is 13.1 Å². The normalized spacial score (nSPS) is 16.5. The van der Waals surface area contributed by atoms with E-state index in [1.807, 2.05) is 0 Å². The van der Waals surface area contributed by atoms with E-state index < -0.39 is 14.9 Å². The molecule has 1 atom stereocenters. The van der Waals surface area contributed by atoms with Crippen molar-refractivity contribution in [2.24, 2.45) is 0 Å². The Bertz CT molecular complexity index is 958. The van der Waals surface area contributed by atoms with Gasteiger partial charge in [-0.15, -0.1) is 0 Å². The second kappa shape index (κ2) is 8.24. The van der Waals surface area contributed by atoms with Crippen LogP contribution in [0.25, 0.3) is 0 Å². The first-order valence-corrected chi connectivity index (χ1v) is 10.5. The smallest absolute Gasteiger partial charge is 0.293 e.